The molecule has 3 aromatic rings. The minimum atomic E-state index is -0.842. The Labute approximate surface area is 164 Å². The highest BCUT2D eigenvalue weighted by atomic mass is 16.5. The lowest BCUT2D eigenvalue weighted by molar-refractivity contribution is -0.123. The number of pyridine rings is 1. The topological polar surface area (TPSA) is 76.4 Å². The molecule has 0 unspecified atom stereocenters. The second-order valence-corrected chi connectivity index (χ2v) is 7.48. The van der Waals surface area contributed by atoms with E-state index in [1.54, 1.807) is 19.5 Å². The van der Waals surface area contributed by atoms with E-state index in [0.29, 0.717) is 12.8 Å². The molecule has 0 atom stereocenters. The number of hydrogen-bond acceptors (Lipinski definition) is 4. The van der Waals surface area contributed by atoms with Crippen molar-refractivity contribution >= 4 is 16.8 Å². The maximum absolute atomic E-state index is 12.5. The van der Waals surface area contributed by atoms with Crippen molar-refractivity contribution in [3.63, 3.8) is 0 Å². The van der Waals surface area contributed by atoms with Gasteiger partial charge in [-0.25, -0.2) is 0 Å². The smallest absolute Gasteiger partial charge is 0.240 e. The molecular formula is C22H25N3O3. The molecule has 0 saturated heterocycles. The molecule has 146 valence electrons. The molecule has 6 nitrogen and oxygen atoms in total. The lowest BCUT2D eigenvalue weighted by Crippen LogP contribution is -2.43. The van der Waals surface area contributed by atoms with E-state index in [4.69, 9.17) is 4.74 Å². The Kier molecular flexibility index (Phi) is 5.05. The van der Waals surface area contributed by atoms with Gasteiger partial charge in [-0.2, -0.15) is 0 Å². The first-order chi connectivity index (χ1) is 13.6. The third kappa shape index (κ3) is 3.73. The first kappa shape index (κ1) is 18.5. The fraction of sp³-hybridized carbons (Fsp3) is 0.364. The first-order valence-electron chi connectivity index (χ1n) is 9.62. The van der Waals surface area contributed by atoms with Crippen LogP contribution in [0.3, 0.4) is 0 Å². The molecule has 28 heavy (non-hydrogen) atoms. The molecule has 1 saturated carbocycles. The summed E-state index contributed by atoms with van der Waals surface area (Å²) in [6.45, 7) is 0.277. The molecule has 1 aliphatic carbocycles. The van der Waals surface area contributed by atoms with Crippen LogP contribution in [0.4, 0.5) is 0 Å². The number of fused-ring (bicyclic) bond motifs is 1. The summed E-state index contributed by atoms with van der Waals surface area (Å²) in [5, 5.41) is 15.1. The highest BCUT2D eigenvalue weighted by Gasteiger charge is 2.35. The molecule has 4 rings (SSSR count). The number of carbonyl (C=O) groups is 1. The van der Waals surface area contributed by atoms with Gasteiger partial charge in [0.1, 0.15) is 12.3 Å². The van der Waals surface area contributed by atoms with Crippen molar-refractivity contribution in [2.75, 3.05) is 7.11 Å². The van der Waals surface area contributed by atoms with Crippen molar-refractivity contribution in [2.24, 2.45) is 0 Å². The largest absolute Gasteiger partial charge is 0.497 e. The van der Waals surface area contributed by atoms with Gasteiger partial charge in [0.2, 0.25) is 5.91 Å². The van der Waals surface area contributed by atoms with E-state index in [0.717, 1.165) is 35.1 Å². The Hall–Kier alpha value is -2.86. The van der Waals surface area contributed by atoms with Crippen molar-refractivity contribution < 1.29 is 14.6 Å². The number of amides is 1. The summed E-state index contributed by atoms with van der Waals surface area (Å²) in [4.78, 5) is 16.7. The standard InChI is InChI=1S/C22H25N3O3/c1-28-19-4-5-20-16(13-19)8-12-25(20)15-21(26)24-18-6-9-22(27,10-7-18)17-3-2-11-23-14-17/h2-5,8,11-14,18,27H,6-7,9-10,15H2,1H3,(H,24,26). The van der Waals surface area contributed by atoms with Crippen LogP contribution < -0.4 is 10.1 Å². The molecule has 1 aromatic carbocycles. The molecule has 1 fully saturated rings. The van der Waals surface area contributed by atoms with E-state index in [1.807, 2.05) is 47.2 Å². The molecule has 2 aromatic heterocycles. The fourth-order valence-corrected chi connectivity index (χ4v) is 4.04. The minimum absolute atomic E-state index is 0.00913. The van der Waals surface area contributed by atoms with E-state index >= 15 is 0 Å². The highest BCUT2D eigenvalue weighted by molar-refractivity contribution is 5.84. The van der Waals surface area contributed by atoms with Crippen molar-refractivity contribution in [1.29, 1.82) is 0 Å². The number of rotatable bonds is 5. The molecule has 2 heterocycles. The third-order valence-electron chi connectivity index (χ3n) is 5.67. The normalized spacial score (nSPS) is 22.1. The van der Waals surface area contributed by atoms with Gasteiger partial charge in [0, 0.05) is 41.1 Å². The molecular weight excluding hydrogens is 354 g/mol. The number of ether oxygens (including phenoxy) is 1. The number of nitrogens with zero attached hydrogens (tertiary/aromatic N) is 2. The number of nitrogens with one attached hydrogen (secondary N) is 1. The van der Waals surface area contributed by atoms with Gasteiger partial charge < -0.3 is 19.7 Å². The zero-order chi connectivity index (χ0) is 19.6. The second-order valence-electron chi connectivity index (χ2n) is 7.48. The lowest BCUT2D eigenvalue weighted by atomic mass is 9.78. The minimum Gasteiger partial charge on any atom is -0.497 e. The van der Waals surface area contributed by atoms with Gasteiger partial charge >= 0.3 is 0 Å². The summed E-state index contributed by atoms with van der Waals surface area (Å²) in [6.07, 6.45) is 8.10. The number of carbonyl (C=O) groups excluding carboxylic acids is 1. The summed E-state index contributed by atoms with van der Waals surface area (Å²) in [7, 11) is 1.64. The average molecular weight is 379 g/mol. The molecule has 0 radical (unpaired) electrons. The predicted molar refractivity (Wildman–Crippen MR) is 107 cm³/mol. The van der Waals surface area contributed by atoms with Crippen LogP contribution in [0, 0.1) is 0 Å². The summed E-state index contributed by atoms with van der Waals surface area (Å²) in [5.41, 5.74) is 1.02. The maximum atomic E-state index is 12.5. The number of aliphatic hydroxyl groups is 1. The van der Waals surface area contributed by atoms with Crippen molar-refractivity contribution in [1.82, 2.24) is 14.9 Å². The molecule has 6 heteroatoms. The van der Waals surface area contributed by atoms with Crippen LogP contribution in [0.2, 0.25) is 0 Å². The van der Waals surface area contributed by atoms with Crippen molar-refractivity contribution in [2.45, 2.75) is 43.9 Å². The maximum Gasteiger partial charge on any atom is 0.240 e. The Balaban J connectivity index is 1.35. The quantitative estimate of drug-likeness (QED) is 0.715. The van der Waals surface area contributed by atoms with E-state index in [9.17, 15) is 9.90 Å². The van der Waals surface area contributed by atoms with Gasteiger partial charge in [0.25, 0.3) is 0 Å². The lowest BCUT2D eigenvalue weighted by Gasteiger charge is -2.36. The van der Waals surface area contributed by atoms with Gasteiger partial charge in [-0.05, 0) is 56.0 Å². The van der Waals surface area contributed by atoms with Crippen LogP contribution in [-0.4, -0.2) is 33.7 Å². The number of aromatic nitrogens is 2. The summed E-state index contributed by atoms with van der Waals surface area (Å²) in [5.74, 6) is 0.795. The predicted octanol–water partition coefficient (Wildman–Crippen LogP) is 2.99. The van der Waals surface area contributed by atoms with Crippen LogP contribution >= 0.6 is 0 Å². The second kappa shape index (κ2) is 7.64. The molecule has 2 N–H and O–H groups in total. The summed E-state index contributed by atoms with van der Waals surface area (Å²) >= 11 is 0. The van der Waals surface area contributed by atoms with E-state index in [2.05, 4.69) is 10.3 Å². The molecule has 1 amide bonds. The van der Waals surface area contributed by atoms with Crippen LogP contribution in [0.15, 0.2) is 55.0 Å². The number of hydrogen-bond donors (Lipinski definition) is 2. The van der Waals surface area contributed by atoms with Crippen LogP contribution in [-0.2, 0) is 16.9 Å². The Morgan fingerprint density at radius 2 is 2.14 bits per heavy atom. The van der Waals surface area contributed by atoms with Crippen molar-refractivity contribution in [3.05, 3.63) is 60.6 Å². The molecule has 0 spiro atoms. The van der Waals surface area contributed by atoms with Gasteiger partial charge in [0.05, 0.1) is 12.7 Å². The third-order valence-corrected chi connectivity index (χ3v) is 5.67. The molecule has 0 aliphatic heterocycles. The zero-order valence-corrected chi connectivity index (χ0v) is 16.0. The SMILES string of the molecule is COc1ccc2c(ccn2CC(=O)NC2CCC(O)(c3cccnc3)CC2)c1. The van der Waals surface area contributed by atoms with Gasteiger partial charge in [-0.1, -0.05) is 6.07 Å². The van der Waals surface area contributed by atoms with Crippen LogP contribution in [0.25, 0.3) is 10.9 Å². The van der Waals surface area contributed by atoms with Gasteiger partial charge in [-0.3, -0.25) is 9.78 Å². The Morgan fingerprint density at radius 3 is 2.86 bits per heavy atom. The number of benzene rings is 1. The Bertz CT molecular complexity index is 960. The summed E-state index contributed by atoms with van der Waals surface area (Å²) in [6, 6.07) is 11.7. The van der Waals surface area contributed by atoms with Gasteiger partial charge in [0.15, 0.2) is 0 Å². The van der Waals surface area contributed by atoms with Crippen LogP contribution in [0.1, 0.15) is 31.2 Å². The zero-order valence-electron chi connectivity index (χ0n) is 16.0. The summed E-state index contributed by atoms with van der Waals surface area (Å²) < 4.78 is 7.19. The molecule has 1 aliphatic rings. The molecule has 0 bridgehead atoms. The average Bonchev–Trinajstić information content (AvgIpc) is 3.12. The van der Waals surface area contributed by atoms with E-state index in [-0.39, 0.29) is 18.5 Å². The van der Waals surface area contributed by atoms with Crippen molar-refractivity contribution in [3.8, 4) is 5.75 Å². The monoisotopic (exact) mass is 379 g/mol. The van der Waals surface area contributed by atoms with Gasteiger partial charge in [-0.15, -0.1) is 0 Å². The number of methoxy groups -OCH3 is 1. The fourth-order valence-electron chi connectivity index (χ4n) is 4.04. The Morgan fingerprint density at radius 1 is 1.32 bits per heavy atom. The van der Waals surface area contributed by atoms with E-state index in [1.165, 1.54) is 0 Å². The first-order valence-corrected chi connectivity index (χ1v) is 9.62. The van der Waals surface area contributed by atoms with E-state index < -0.39 is 5.60 Å². The van der Waals surface area contributed by atoms with Crippen LogP contribution in [0.5, 0.6) is 5.75 Å². The highest BCUT2D eigenvalue weighted by Crippen LogP contribution is 2.36.